The quantitative estimate of drug-likeness (QED) is 0.700. The molecule has 1 amide bonds. The van der Waals surface area contributed by atoms with Crippen molar-refractivity contribution in [2.45, 2.75) is 30.8 Å². The van der Waals surface area contributed by atoms with Crippen LogP contribution >= 0.6 is 0 Å². The minimum atomic E-state index is -0.952. The maximum absolute atomic E-state index is 14.2. The molecule has 1 aliphatic carbocycles. The van der Waals surface area contributed by atoms with E-state index in [9.17, 15) is 4.79 Å². The second-order valence-electron chi connectivity index (χ2n) is 7.84. The van der Waals surface area contributed by atoms with Crippen LogP contribution in [0.4, 0.5) is 0 Å². The molecule has 1 unspecified atom stereocenters. The summed E-state index contributed by atoms with van der Waals surface area (Å²) < 4.78 is 0. The summed E-state index contributed by atoms with van der Waals surface area (Å²) in [7, 11) is 0. The number of nitrogens with one attached hydrogen (secondary N) is 1. The molecule has 1 N–H and O–H groups in total. The molecule has 1 aliphatic heterocycles. The molecule has 29 heavy (non-hydrogen) atoms. The van der Waals surface area contributed by atoms with Crippen molar-refractivity contribution in [3.8, 4) is 0 Å². The molecule has 3 heteroatoms. The number of rotatable bonds is 3. The first-order valence-electron chi connectivity index (χ1n) is 10.2. The summed E-state index contributed by atoms with van der Waals surface area (Å²) in [5.74, 6) is 0.714. The topological polar surface area (TPSA) is 32.3 Å². The van der Waals surface area contributed by atoms with Crippen molar-refractivity contribution in [1.82, 2.24) is 10.2 Å². The zero-order chi connectivity index (χ0) is 19.8. The zero-order valence-corrected chi connectivity index (χ0v) is 16.3. The van der Waals surface area contributed by atoms with E-state index in [-0.39, 0.29) is 11.9 Å². The van der Waals surface area contributed by atoms with E-state index >= 15 is 0 Å². The second-order valence-corrected chi connectivity index (χ2v) is 7.84. The van der Waals surface area contributed by atoms with Gasteiger partial charge in [0.1, 0.15) is 5.82 Å². The number of fused-ring (bicyclic) bond motifs is 1. The van der Waals surface area contributed by atoms with Crippen molar-refractivity contribution in [1.29, 1.82) is 0 Å². The molecule has 1 fully saturated rings. The zero-order valence-electron chi connectivity index (χ0n) is 16.3. The number of hydrogen-bond acceptors (Lipinski definition) is 2. The van der Waals surface area contributed by atoms with Gasteiger partial charge in [0, 0.05) is 0 Å². The third-order valence-corrected chi connectivity index (χ3v) is 6.23. The van der Waals surface area contributed by atoms with Gasteiger partial charge in [-0.15, -0.1) is 0 Å². The minimum absolute atomic E-state index is 0.0155. The lowest BCUT2D eigenvalue weighted by molar-refractivity contribution is -0.132. The second kappa shape index (κ2) is 6.93. The van der Waals surface area contributed by atoms with Crippen LogP contribution in [0.25, 0.3) is 0 Å². The maximum atomic E-state index is 14.2. The summed E-state index contributed by atoms with van der Waals surface area (Å²) in [6, 6.07) is 28.5. The molecule has 3 aromatic rings. The Balaban J connectivity index is 1.65. The van der Waals surface area contributed by atoms with Crippen LogP contribution < -0.4 is 5.32 Å². The van der Waals surface area contributed by atoms with Gasteiger partial charge < -0.3 is 5.32 Å². The van der Waals surface area contributed by atoms with Crippen molar-refractivity contribution in [3.63, 3.8) is 0 Å². The molecule has 0 radical (unpaired) electrons. The lowest BCUT2D eigenvalue weighted by atomic mass is 9.81. The summed E-state index contributed by atoms with van der Waals surface area (Å²) in [4.78, 5) is 16.1. The molecule has 1 heterocycles. The Morgan fingerprint density at radius 2 is 1.45 bits per heavy atom. The molecule has 0 saturated carbocycles. The van der Waals surface area contributed by atoms with Crippen LogP contribution in [0.1, 0.15) is 41.1 Å². The van der Waals surface area contributed by atoms with Gasteiger partial charge in [-0.25, -0.2) is 0 Å². The molecule has 1 atom stereocenters. The Morgan fingerprint density at radius 3 is 2.10 bits per heavy atom. The van der Waals surface area contributed by atoms with E-state index < -0.39 is 5.54 Å². The standard InChI is InChI=1S/C26H24N2O/c1-19-27-26(21-13-4-2-5-14-21,22-15-6-3-7-16-22)25(29)28(19)24-18-10-12-20-11-8-9-17-23(20)24/h2-9,11,13-17,24,27H,1,10,12,18H2. The highest BCUT2D eigenvalue weighted by molar-refractivity contribution is 5.96. The van der Waals surface area contributed by atoms with Crippen LogP contribution in [0, 0.1) is 0 Å². The van der Waals surface area contributed by atoms with Crippen molar-refractivity contribution in [3.05, 3.63) is 120 Å². The summed E-state index contributed by atoms with van der Waals surface area (Å²) >= 11 is 0. The van der Waals surface area contributed by atoms with Crippen LogP contribution in [0.3, 0.4) is 0 Å². The molecule has 0 spiro atoms. The van der Waals surface area contributed by atoms with Gasteiger partial charge in [-0.3, -0.25) is 9.69 Å². The predicted molar refractivity (Wildman–Crippen MR) is 115 cm³/mol. The average Bonchev–Trinajstić information content (AvgIpc) is 3.05. The summed E-state index contributed by atoms with van der Waals surface area (Å²) in [6.07, 6.45) is 3.09. The first-order chi connectivity index (χ1) is 14.2. The third-order valence-electron chi connectivity index (χ3n) is 6.23. The highest BCUT2D eigenvalue weighted by Crippen LogP contribution is 2.44. The number of carbonyl (C=O) groups is 1. The van der Waals surface area contributed by atoms with Gasteiger partial charge in [0.2, 0.25) is 0 Å². The molecular formula is C26H24N2O. The Kier molecular flexibility index (Phi) is 4.24. The first-order valence-corrected chi connectivity index (χ1v) is 10.2. The molecule has 0 bridgehead atoms. The van der Waals surface area contributed by atoms with E-state index in [1.54, 1.807) is 0 Å². The Bertz CT molecular complexity index is 1020. The molecule has 0 aromatic heterocycles. The lowest BCUT2D eigenvalue weighted by Crippen LogP contribution is -2.45. The molecule has 3 aromatic carbocycles. The number of nitrogens with zero attached hydrogens (tertiary/aromatic N) is 1. The average molecular weight is 380 g/mol. The number of amides is 1. The van der Waals surface area contributed by atoms with Crippen LogP contribution in [0.15, 0.2) is 97.3 Å². The largest absolute Gasteiger partial charge is 0.350 e. The number of hydrogen-bond donors (Lipinski definition) is 1. The fourth-order valence-electron chi connectivity index (χ4n) is 4.89. The molecule has 3 nitrogen and oxygen atoms in total. The van der Waals surface area contributed by atoms with Crippen LogP contribution in [-0.2, 0) is 16.8 Å². The van der Waals surface area contributed by atoms with Gasteiger partial charge >= 0.3 is 0 Å². The summed E-state index contributed by atoms with van der Waals surface area (Å²) in [5.41, 5.74) is 3.49. The Morgan fingerprint density at radius 1 is 0.862 bits per heavy atom. The molecule has 5 rings (SSSR count). The van der Waals surface area contributed by atoms with E-state index in [2.05, 4.69) is 36.2 Å². The third kappa shape index (κ3) is 2.69. The molecule has 144 valence electrons. The molecule has 2 aliphatic rings. The number of aryl methyl sites for hydroxylation is 1. The van der Waals surface area contributed by atoms with Crippen LogP contribution in [0.2, 0.25) is 0 Å². The maximum Gasteiger partial charge on any atom is 0.263 e. The van der Waals surface area contributed by atoms with Gasteiger partial charge in [-0.1, -0.05) is 91.5 Å². The van der Waals surface area contributed by atoms with E-state index in [1.807, 2.05) is 65.6 Å². The Labute approximate surface area is 171 Å². The van der Waals surface area contributed by atoms with Crippen molar-refractivity contribution < 1.29 is 4.79 Å². The van der Waals surface area contributed by atoms with Gasteiger partial charge in [0.05, 0.1) is 6.04 Å². The molecule has 1 saturated heterocycles. The van der Waals surface area contributed by atoms with Crippen molar-refractivity contribution in [2.75, 3.05) is 0 Å². The van der Waals surface area contributed by atoms with E-state index in [0.29, 0.717) is 5.82 Å². The van der Waals surface area contributed by atoms with Gasteiger partial charge in [0.15, 0.2) is 5.54 Å². The minimum Gasteiger partial charge on any atom is -0.350 e. The van der Waals surface area contributed by atoms with Gasteiger partial charge in [-0.2, -0.15) is 0 Å². The number of carbonyl (C=O) groups excluding carboxylic acids is 1. The van der Waals surface area contributed by atoms with Crippen molar-refractivity contribution >= 4 is 5.91 Å². The normalized spacial score (nSPS) is 20.3. The fraction of sp³-hybridized carbons (Fsp3) is 0.192. The van der Waals surface area contributed by atoms with E-state index in [1.165, 1.54) is 11.1 Å². The highest BCUT2D eigenvalue weighted by atomic mass is 16.2. The van der Waals surface area contributed by atoms with Crippen LogP contribution in [0.5, 0.6) is 0 Å². The highest BCUT2D eigenvalue weighted by Gasteiger charge is 2.53. The van der Waals surface area contributed by atoms with E-state index in [4.69, 9.17) is 0 Å². The van der Waals surface area contributed by atoms with Crippen LogP contribution in [-0.4, -0.2) is 10.8 Å². The summed E-state index contributed by atoms with van der Waals surface area (Å²) in [6.45, 7) is 4.27. The van der Waals surface area contributed by atoms with E-state index in [0.717, 1.165) is 30.4 Å². The van der Waals surface area contributed by atoms with Gasteiger partial charge in [0.25, 0.3) is 5.91 Å². The van der Waals surface area contributed by atoms with Crippen molar-refractivity contribution in [2.24, 2.45) is 0 Å². The SMILES string of the molecule is C=C1NC(c2ccccc2)(c2ccccc2)C(=O)N1C1CCCc2ccccc21. The first kappa shape index (κ1) is 17.7. The monoisotopic (exact) mass is 380 g/mol. The smallest absolute Gasteiger partial charge is 0.263 e. The number of benzene rings is 3. The fourth-order valence-corrected chi connectivity index (χ4v) is 4.89. The lowest BCUT2D eigenvalue weighted by Gasteiger charge is -2.34. The van der Waals surface area contributed by atoms with Gasteiger partial charge in [-0.05, 0) is 41.5 Å². The predicted octanol–water partition coefficient (Wildman–Crippen LogP) is 4.91. The Hall–Kier alpha value is -3.33. The molecular weight excluding hydrogens is 356 g/mol. The summed E-state index contributed by atoms with van der Waals surface area (Å²) in [5, 5.41) is 3.51.